The van der Waals surface area contributed by atoms with E-state index in [1.54, 1.807) is 50.2 Å². The zero-order valence-electron chi connectivity index (χ0n) is 18.1. The van der Waals surface area contributed by atoms with Crippen molar-refractivity contribution in [1.29, 1.82) is 0 Å². The average molecular weight is 420 g/mol. The molecule has 1 amide bonds. The Morgan fingerprint density at radius 2 is 1.84 bits per heavy atom. The van der Waals surface area contributed by atoms with Crippen molar-refractivity contribution < 1.29 is 18.7 Å². The molecular formula is C23H24N4O4. The number of carbonyl (C=O) groups is 1. The molecule has 0 aliphatic rings. The van der Waals surface area contributed by atoms with Gasteiger partial charge in [0.25, 0.3) is 5.91 Å². The molecule has 0 spiro atoms. The van der Waals surface area contributed by atoms with Crippen LogP contribution in [-0.2, 0) is 10.3 Å². The first-order valence-electron chi connectivity index (χ1n) is 9.78. The van der Waals surface area contributed by atoms with Crippen molar-refractivity contribution >= 4 is 22.7 Å². The van der Waals surface area contributed by atoms with E-state index in [-0.39, 0.29) is 5.91 Å². The summed E-state index contributed by atoms with van der Waals surface area (Å²) in [5.41, 5.74) is 2.87. The number of carbonyl (C=O) groups excluding carboxylic acids is 1. The molecule has 0 atom stereocenters. The van der Waals surface area contributed by atoms with E-state index in [9.17, 15) is 4.79 Å². The third-order valence-corrected chi connectivity index (χ3v) is 5.18. The van der Waals surface area contributed by atoms with Gasteiger partial charge in [-0.25, -0.2) is 4.98 Å². The second-order valence-corrected chi connectivity index (χ2v) is 7.67. The van der Waals surface area contributed by atoms with Crippen molar-refractivity contribution in [2.24, 2.45) is 0 Å². The summed E-state index contributed by atoms with van der Waals surface area (Å²) in [6.45, 7) is 5.41. The number of methoxy groups -OCH3 is 2. The summed E-state index contributed by atoms with van der Waals surface area (Å²) in [7, 11) is 3.19. The average Bonchev–Trinajstić information content (AvgIpc) is 3.39. The van der Waals surface area contributed by atoms with Gasteiger partial charge in [0.05, 0.1) is 20.4 Å². The Balaban J connectivity index is 1.57. The normalized spacial score (nSPS) is 11.5. The lowest BCUT2D eigenvalue weighted by atomic mass is 10.0. The molecule has 0 saturated carbocycles. The van der Waals surface area contributed by atoms with Crippen molar-refractivity contribution in [2.45, 2.75) is 26.3 Å². The van der Waals surface area contributed by atoms with Gasteiger partial charge in [-0.3, -0.25) is 9.48 Å². The fraction of sp³-hybridized carbons (Fsp3) is 0.261. The van der Waals surface area contributed by atoms with E-state index < -0.39 is 5.54 Å². The van der Waals surface area contributed by atoms with Crippen molar-refractivity contribution in [1.82, 2.24) is 14.8 Å². The number of anilines is 1. The molecule has 8 heteroatoms. The maximum atomic E-state index is 13.1. The Bertz CT molecular complexity index is 1260. The number of nitrogens with zero attached hydrogens (tertiary/aromatic N) is 3. The summed E-state index contributed by atoms with van der Waals surface area (Å²) in [6, 6.07) is 11.0. The van der Waals surface area contributed by atoms with E-state index in [0.29, 0.717) is 34.2 Å². The fourth-order valence-corrected chi connectivity index (χ4v) is 3.30. The number of nitrogens with one attached hydrogen (secondary N) is 1. The Hall–Kier alpha value is -3.81. The topological polar surface area (TPSA) is 91.4 Å². The van der Waals surface area contributed by atoms with Crippen LogP contribution in [0.4, 0.5) is 5.69 Å². The number of aromatic nitrogens is 3. The largest absolute Gasteiger partial charge is 0.493 e. The van der Waals surface area contributed by atoms with E-state index in [2.05, 4.69) is 15.4 Å². The summed E-state index contributed by atoms with van der Waals surface area (Å²) in [6.07, 6.45) is 3.56. The molecule has 2 aromatic heterocycles. The van der Waals surface area contributed by atoms with Crippen LogP contribution in [0.1, 0.15) is 19.7 Å². The zero-order valence-corrected chi connectivity index (χ0v) is 18.1. The van der Waals surface area contributed by atoms with Gasteiger partial charge in [0.15, 0.2) is 23.0 Å². The number of aryl methyl sites for hydroxylation is 1. The molecule has 0 saturated heterocycles. The summed E-state index contributed by atoms with van der Waals surface area (Å²) >= 11 is 0. The van der Waals surface area contributed by atoms with Gasteiger partial charge < -0.3 is 19.2 Å². The van der Waals surface area contributed by atoms with Crippen LogP contribution in [0.15, 0.2) is 53.2 Å². The monoisotopic (exact) mass is 420 g/mol. The standard InChI is InChI=1S/C23H24N4O4/c1-14-25-18-11-17(7-9-19(18)31-14)26-22(28)23(2,3)27-13-16(12-24-27)15-6-8-20(29-4)21(10-15)30-5/h6-13H,1-5H3,(H,26,28). The van der Waals surface area contributed by atoms with Gasteiger partial charge in [-0.1, -0.05) is 6.07 Å². The van der Waals surface area contributed by atoms with Gasteiger partial charge in [0.1, 0.15) is 11.1 Å². The van der Waals surface area contributed by atoms with Gasteiger partial charge in [-0.05, 0) is 49.7 Å². The molecule has 2 aromatic carbocycles. The van der Waals surface area contributed by atoms with Crippen LogP contribution in [0.25, 0.3) is 22.2 Å². The van der Waals surface area contributed by atoms with Crippen LogP contribution >= 0.6 is 0 Å². The number of oxazole rings is 1. The third-order valence-electron chi connectivity index (χ3n) is 5.18. The third kappa shape index (κ3) is 3.84. The molecule has 0 aliphatic carbocycles. The Labute approximate surface area is 179 Å². The Morgan fingerprint density at radius 3 is 2.58 bits per heavy atom. The van der Waals surface area contributed by atoms with Gasteiger partial charge in [-0.2, -0.15) is 5.10 Å². The number of ether oxygens (including phenoxy) is 2. The van der Waals surface area contributed by atoms with Crippen molar-refractivity contribution in [3.05, 3.63) is 54.7 Å². The molecule has 160 valence electrons. The molecule has 0 fully saturated rings. The number of amides is 1. The Kier molecular flexibility index (Phi) is 5.14. The summed E-state index contributed by atoms with van der Waals surface area (Å²) in [5, 5.41) is 7.38. The highest BCUT2D eigenvalue weighted by atomic mass is 16.5. The Morgan fingerprint density at radius 1 is 1.06 bits per heavy atom. The first-order chi connectivity index (χ1) is 14.8. The second-order valence-electron chi connectivity index (χ2n) is 7.67. The van der Waals surface area contributed by atoms with Crippen molar-refractivity contribution in [3.8, 4) is 22.6 Å². The van der Waals surface area contributed by atoms with E-state index in [1.807, 2.05) is 38.2 Å². The minimum absolute atomic E-state index is 0.200. The predicted octanol–water partition coefficient (Wildman–Crippen LogP) is 4.39. The number of hydrogen-bond donors (Lipinski definition) is 1. The smallest absolute Gasteiger partial charge is 0.251 e. The highest BCUT2D eigenvalue weighted by Gasteiger charge is 2.31. The lowest BCUT2D eigenvalue weighted by Gasteiger charge is -2.24. The highest BCUT2D eigenvalue weighted by molar-refractivity contribution is 5.97. The van der Waals surface area contributed by atoms with Crippen LogP contribution in [0.5, 0.6) is 11.5 Å². The molecule has 1 N–H and O–H groups in total. The number of hydrogen-bond acceptors (Lipinski definition) is 6. The number of fused-ring (bicyclic) bond motifs is 1. The van der Waals surface area contributed by atoms with Gasteiger partial charge in [-0.15, -0.1) is 0 Å². The lowest BCUT2D eigenvalue weighted by molar-refractivity contribution is -0.123. The minimum Gasteiger partial charge on any atom is -0.493 e. The molecule has 2 heterocycles. The van der Waals surface area contributed by atoms with Crippen LogP contribution in [0.3, 0.4) is 0 Å². The molecule has 4 aromatic rings. The maximum absolute atomic E-state index is 13.1. The van der Waals surface area contributed by atoms with E-state index in [1.165, 1.54) is 0 Å². The fourth-order valence-electron chi connectivity index (χ4n) is 3.30. The SMILES string of the molecule is COc1ccc(-c2cnn(C(C)(C)C(=O)Nc3ccc4oc(C)nc4c3)c2)cc1OC. The quantitative estimate of drug-likeness (QED) is 0.497. The summed E-state index contributed by atoms with van der Waals surface area (Å²) in [5.74, 6) is 1.66. The van der Waals surface area contributed by atoms with Crippen LogP contribution in [0.2, 0.25) is 0 Å². The maximum Gasteiger partial charge on any atom is 0.251 e. The summed E-state index contributed by atoms with van der Waals surface area (Å²) in [4.78, 5) is 17.4. The molecule has 0 bridgehead atoms. The number of benzene rings is 2. The molecule has 0 radical (unpaired) electrons. The van der Waals surface area contributed by atoms with Gasteiger partial charge in [0, 0.05) is 24.4 Å². The van der Waals surface area contributed by atoms with Gasteiger partial charge in [0.2, 0.25) is 0 Å². The minimum atomic E-state index is -0.927. The van der Waals surface area contributed by atoms with Crippen LogP contribution < -0.4 is 14.8 Å². The van der Waals surface area contributed by atoms with Crippen LogP contribution in [-0.4, -0.2) is 34.9 Å². The van der Waals surface area contributed by atoms with Gasteiger partial charge >= 0.3 is 0 Å². The number of rotatable bonds is 6. The van der Waals surface area contributed by atoms with E-state index in [0.717, 1.165) is 11.1 Å². The first-order valence-corrected chi connectivity index (χ1v) is 9.78. The molecule has 0 unspecified atom stereocenters. The molecule has 31 heavy (non-hydrogen) atoms. The molecule has 4 rings (SSSR count). The zero-order chi connectivity index (χ0) is 22.2. The van der Waals surface area contributed by atoms with Crippen molar-refractivity contribution in [2.75, 3.05) is 19.5 Å². The lowest BCUT2D eigenvalue weighted by Crippen LogP contribution is -2.40. The van der Waals surface area contributed by atoms with Crippen molar-refractivity contribution in [3.63, 3.8) is 0 Å². The van der Waals surface area contributed by atoms with E-state index in [4.69, 9.17) is 13.9 Å². The molecule has 8 nitrogen and oxygen atoms in total. The predicted molar refractivity (Wildman–Crippen MR) is 117 cm³/mol. The second kappa shape index (κ2) is 7.79. The molecule has 0 aliphatic heterocycles. The highest BCUT2D eigenvalue weighted by Crippen LogP contribution is 2.33. The summed E-state index contributed by atoms with van der Waals surface area (Å²) < 4.78 is 17.8. The van der Waals surface area contributed by atoms with Crippen LogP contribution in [0, 0.1) is 6.92 Å². The van der Waals surface area contributed by atoms with E-state index >= 15 is 0 Å². The first kappa shape index (κ1) is 20.5. The molecular weight excluding hydrogens is 396 g/mol.